The lowest BCUT2D eigenvalue weighted by Gasteiger charge is -2.20. The second-order valence-corrected chi connectivity index (χ2v) is 5.03. The lowest BCUT2D eigenvalue weighted by Crippen LogP contribution is -2.32. The monoisotopic (exact) mass is 314 g/mol. The Morgan fingerprint density at radius 3 is 2.74 bits per heavy atom. The fraction of sp³-hybridized carbons (Fsp3) is 0.316. The number of nitrogens with one attached hydrogen (secondary N) is 1. The van der Waals surface area contributed by atoms with E-state index < -0.39 is 6.04 Å². The lowest BCUT2D eigenvalue weighted by atomic mass is 10.0. The van der Waals surface area contributed by atoms with Crippen LogP contribution in [-0.4, -0.2) is 18.6 Å². The molecule has 0 fully saturated rings. The van der Waals surface area contributed by atoms with Crippen LogP contribution in [-0.2, 0) is 16.1 Å². The van der Waals surface area contributed by atoms with Crippen LogP contribution in [0.4, 0.5) is 5.69 Å². The maximum absolute atomic E-state index is 12.2. The molecule has 1 atom stereocenters. The molecule has 0 aromatic heterocycles. The van der Waals surface area contributed by atoms with Gasteiger partial charge in [0, 0.05) is 12.2 Å². The van der Waals surface area contributed by atoms with Gasteiger partial charge in [0.15, 0.2) is 0 Å². The number of benzene rings is 1. The van der Waals surface area contributed by atoms with Gasteiger partial charge < -0.3 is 15.8 Å². The van der Waals surface area contributed by atoms with Crippen LogP contribution in [0, 0.1) is 0 Å². The maximum atomic E-state index is 12.2. The molecule has 1 aromatic rings. The number of hydrogen-bond donors (Lipinski definition) is 2. The van der Waals surface area contributed by atoms with Gasteiger partial charge >= 0.3 is 5.97 Å². The highest BCUT2D eigenvalue weighted by molar-refractivity contribution is 5.79. The highest BCUT2D eigenvalue weighted by Crippen LogP contribution is 2.19. The molecule has 0 aliphatic carbocycles. The van der Waals surface area contributed by atoms with Gasteiger partial charge in [-0.25, -0.2) is 4.79 Å². The minimum absolute atomic E-state index is 0.263. The van der Waals surface area contributed by atoms with Crippen LogP contribution in [0.5, 0.6) is 0 Å². The van der Waals surface area contributed by atoms with E-state index in [9.17, 15) is 4.79 Å². The molecular weight excluding hydrogens is 288 g/mol. The number of rotatable bonds is 10. The molecule has 23 heavy (non-hydrogen) atoms. The molecule has 0 aliphatic rings. The van der Waals surface area contributed by atoms with Gasteiger partial charge in [0.05, 0.1) is 6.61 Å². The SMILES string of the molecule is C=C/C=C(\C=C)CCC(Nc1ccccc1CN)C(=O)OCC. The van der Waals surface area contributed by atoms with Crippen LogP contribution in [0.25, 0.3) is 0 Å². The van der Waals surface area contributed by atoms with E-state index >= 15 is 0 Å². The van der Waals surface area contributed by atoms with Gasteiger partial charge in [0.25, 0.3) is 0 Å². The number of anilines is 1. The minimum Gasteiger partial charge on any atom is -0.464 e. The van der Waals surface area contributed by atoms with E-state index in [0.717, 1.165) is 16.8 Å². The molecule has 4 heteroatoms. The zero-order valence-electron chi connectivity index (χ0n) is 13.8. The number of esters is 1. The summed E-state index contributed by atoms with van der Waals surface area (Å²) in [6.07, 6.45) is 6.69. The van der Waals surface area contributed by atoms with E-state index in [0.29, 0.717) is 26.0 Å². The highest BCUT2D eigenvalue weighted by atomic mass is 16.5. The Labute approximate surface area is 138 Å². The largest absolute Gasteiger partial charge is 0.464 e. The predicted molar refractivity (Wildman–Crippen MR) is 96.1 cm³/mol. The molecule has 0 amide bonds. The number of nitrogens with two attached hydrogens (primary N) is 1. The first kappa shape index (κ1) is 18.7. The van der Waals surface area contributed by atoms with E-state index in [1.54, 1.807) is 19.1 Å². The van der Waals surface area contributed by atoms with E-state index in [1.165, 1.54) is 0 Å². The molecule has 3 N–H and O–H groups in total. The quantitative estimate of drug-likeness (QED) is 0.512. The van der Waals surface area contributed by atoms with Crippen molar-refractivity contribution in [3.8, 4) is 0 Å². The summed E-state index contributed by atoms with van der Waals surface area (Å²) in [6, 6.07) is 7.27. The van der Waals surface area contributed by atoms with E-state index in [-0.39, 0.29) is 5.97 Å². The summed E-state index contributed by atoms with van der Waals surface area (Å²) in [5.41, 5.74) is 8.61. The van der Waals surface area contributed by atoms with Crippen molar-refractivity contribution < 1.29 is 9.53 Å². The molecule has 0 heterocycles. The van der Waals surface area contributed by atoms with E-state index in [4.69, 9.17) is 10.5 Å². The molecule has 0 aliphatic heterocycles. The molecular formula is C19H26N2O2. The minimum atomic E-state index is -0.434. The normalized spacial score (nSPS) is 12.3. The number of carbonyl (C=O) groups is 1. The zero-order valence-corrected chi connectivity index (χ0v) is 13.8. The second-order valence-electron chi connectivity index (χ2n) is 5.03. The first-order valence-corrected chi connectivity index (χ1v) is 7.81. The molecule has 1 aromatic carbocycles. The fourth-order valence-corrected chi connectivity index (χ4v) is 2.23. The molecule has 1 rings (SSSR count). The topological polar surface area (TPSA) is 64.3 Å². The van der Waals surface area contributed by atoms with Crippen molar-refractivity contribution in [2.45, 2.75) is 32.4 Å². The summed E-state index contributed by atoms with van der Waals surface area (Å²) in [5.74, 6) is -0.263. The summed E-state index contributed by atoms with van der Waals surface area (Å²) < 4.78 is 5.18. The lowest BCUT2D eigenvalue weighted by molar-refractivity contribution is -0.144. The number of allylic oxidation sites excluding steroid dienone is 4. The Morgan fingerprint density at radius 2 is 2.13 bits per heavy atom. The van der Waals surface area contributed by atoms with Crippen LogP contribution < -0.4 is 11.1 Å². The number of hydrogen-bond acceptors (Lipinski definition) is 4. The smallest absolute Gasteiger partial charge is 0.328 e. The van der Waals surface area contributed by atoms with Gasteiger partial charge in [-0.1, -0.05) is 49.6 Å². The summed E-state index contributed by atoms with van der Waals surface area (Å²) in [4.78, 5) is 12.2. The Kier molecular flexibility index (Phi) is 8.47. The zero-order chi connectivity index (χ0) is 17.1. The molecule has 1 unspecified atom stereocenters. The standard InChI is InChI=1S/C19H26N2O2/c1-4-9-15(5-2)12-13-18(19(22)23-6-3)21-17-11-8-7-10-16(17)14-20/h4-5,7-11,18,21H,1-2,6,12-14,20H2,3H3/b15-9+. The third-order valence-corrected chi connectivity index (χ3v) is 3.45. The number of ether oxygens (including phenoxy) is 1. The van der Waals surface area contributed by atoms with Crippen molar-refractivity contribution in [2.75, 3.05) is 11.9 Å². The van der Waals surface area contributed by atoms with Gasteiger partial charge in [-0.2, -0.15) is 0 Å². The summed E-state index contributed by atoms with van der Waals surface area (Å²) in [5, 5.41) is 3.26. The van der Waals surface area contributed by atoms with Gasteiger partial charge in [0.2, 0.25) is 0 Å². The van der Waals surface area contributed by atoms with Crippen LogP contribution in [0.1, 0.15) is 25.3 Å². The Morgan fingerprint density at radius 1 is 1.39 bits per heavy atom. The summed E-state index contributed by atoms with van der Waals surface area (Å²) in [7, 11) is 0. The van der Waals surface area contributed by atoms with E-state index in [1.807, 2.05) is 30.3 Å². The Balaban J connectivity index is 2.88. The van der Waals surface area contributed by atoms with Gasteiger partial charge in [-0.15, -0.1) is 0 Å². The third-order valence-electron chi connectivity index (χ3n) is 3.45. The van der Waals surface area contributed by atoms with Crippen molar-refractivity contribution in [2.24, 2.45) is 5.73 Å². The molecule has 0 spiro atoms. The van der Waals surface area contributed by atoms with E-state index in [2.05, 4.69) is 18.5 Å². The molecule has 0 radical (unpaired) electrons. The van der Waals surface area contributed by atoms with Crippen molar-refractivity contribution >= 4 is 11.7 Å². The molecule has 124 valence electrons. The third kappa shape index (κ3) is 6.12. The first-order chi connectivity index (χ1) is 11.2. The number of para-hydroxylation sites is 1. The maximum Gasteiger partial charge on any atom is 0.328 e. The average molecular weight is 314 g/mol. The molecule has 0 bridgehead atoms. The molecule has 4 nitrogen and oxygen atoms in total. The average Bonchev–Trinajstić information content (AvgIpc) is 2.57. The van der Waals surface area contributed by atoms with Crippen molar-refractivity contribution in [3.63, 3.8) is 0 Å². The van der Waals surface area contributed by atoms with Crippen molar-refractivity contribution in [3.05, 3.63) is 66.8 Å². The predicted octanol–water partition coefficient (Wildman–Crippen LogP) is 3.57. The molecule has 0 saturated carbocycles. The Bertz CT molecular complexity index is 564. The second kappa shape index (κ2) is 10.4. The Hall–Kier alpha value is -2.33. The summed E-state index contributed by atoms with van der Waals surface area (Å²) in [6.45, 7) is 10.0. The van der Waals surface area contributed by atoms with Crippen LogP contribution in [0.3, 0.4) is 0 Å². The van der Waals surface area contributed by atoms with Gasteiger partial charge in [0.1, 0.15) is 6.04 Å². The first-order valence-electron chi connectivity index (χ1n) is 7.81. The summed E-state index contributed by atoms with van der Waals surface area (Å²) >= 11 is 0. The van der Waals surface area contributed by atoms with Crippen LogP contribution >= 0.6 is 0 Å². The number of carbonyl (C=O) groups excluding carboxylic acids is 1. The van der Waals surface area contributed by atoms with Gasteiger partial charge in [-0.3, -0.25) is 0 Å². The van der Waals surface area contributed by atoms with Crippen molar-refractivity contribution in [1.29, 1.82) is 0 Å². The fourth-order valence-electron chi connectivity index (χ4n) is 2.23. The molecule has 0 saturated heterocycles. The van der Waals surface area contributed by atoms with Gasteiger partial charge in [-0.05, 0) is 37.0 Å². The van der Waals surface area contributed by atoms with Crippen LogP contribution in [0.2, 0.25) is 0 Å². The van der Waals surface area contributed by atoms with Crippen molar-refractivity contribution in [1.82, 2.24) is 0 Å². The van der Waals surface area contributed by atoms with Crippen LogP contribution in [0.15, 0.2) is 61.2 Å². The highest BCUT2D eigenvalue weighted by Gasteiger charge is 2.20.